The van der Waals surface area contributed by atoms with Crippen LogP contribution in [0.2, 0.25) is 0 Å². The first-order valence-corrected chi connectivity index (χ1v) is 1.51. The summed E-state index contributed by atoms with van der Waals surface area (Å²) in [6.45, 7) is 0.854. The predicted molar refractivity (Wildman–Crippen MR) is 14.3 cm³/mol. The molecule has 0 aliphatic rings. The predicted octanol–water partition coefficient (Wildman–Crippen LogP) is -7.90. The largest absolute Gasteiger partial charge is 1.00 e. The Hall–Kier alpha value is 3.19. The van der Waals surface area contributed by atoms with Gasteiger partial charge in [-0.2, -0.15) is 6.61 Å². The van der Waals surface area contributed by atoms with Gasteiger partial charge in [-0.25, -0.2) is 0 Å². The van der Waals surface area contributed by atoms with Crippen LogP contribution in [0.5, 0.6) is 0 Å². The van der Waals surface area contributed by atoms with Crippen molar-refractivity contribution in [1.82, 2.24) is 0 Å². The number of hydrogen-bond acceptors (Lipinski definition) is 2. The van der Waals surface area contributed by atoms with E-state index in [-0.39, 0.29) is 103 Å². The van der Waals surface area contributed by atoms with Gasteiger partial charge in [0, 0.05) is 0 Å². The molecule has 4 heteroatoms. The van der Waals surface area contributed by atoms with E-state index in [0.717, 1.165) is 0 Å². The molecule has 0 aromatic carbocycles. The van der Waals surface area contributed by atoms with Crippen LogP contribution in [-0.4, -0.2) is 12.7 Å². The molecule has 0 aliphatic heterocycles. The Bertz CT molecular complexity index is 24.9. The van der Waals surface area contributed by atoms with Crippen LogP contribution in [0, 0.1) is 0 Å². The van der Waals surface area contributed by atoms with Gasteiger partial charge in [-0.15, -0.1) is 6.10 Å². The molecule has 0 radical (unpaired) electrons. The minimum absolute atomic E-state index is 0. The molecule has 0 spiro atoms. The van der Waals surface area contributed by atoms with Gasteiger partial charge >= 0.3 is 103 Å². The summed E-state index contributed by atoms with van der Waals surface area (Å²) in [5, 5.41) is 18.9. The molecule has 0 saturated carbocycles. The van der Waals surface area contributed by atoms with Crippen LogP contribution in [0.15, 0.2) is 0 Å². The van der Waals surface area contributed by atoms with Crippen LogP contribution < -0.4 is 113 Å². The Morgan fingerprint density at radius 1 is 1.43 bits per heavy atom. The minimum Gasteiger partial charge on any atom is -0.855 e. The maximum atomic E-state index is 9.58. The smallest absolute Gasteiger partial charge is 0.855 e. The molecule has 0 aromatic heterocycles. The Kier molecular flexibility index (Phi) is 28.4. The molecule has 32 valence electrons. The van der Waals surface area contributed by atoms with Gasteiger partial charge in [-0.1, -0.05) is 6.92 Å². The summed E-state index contributed by atoms with van der Waals surface area (Å²) in [7, 11) is 0. The average molecular weight is 152 g/mol. The molecule has 0 amide bonds. The van der Waals surface area contributed by atoms with E-state index < -0.39 is 12.7 Å². The van der Waals surface area contributed by atoms with Crippen molar-refractivity contribution >= 4 is 0 Å². The molecule has 0 aromatic rings. The van der Waals surface area contributed by atoms with Crippen LogP contribution in [0.3, 0.4) is 0 Å². The summed E-state index contributed by atoms with van der Waals surface area (Å²) in [6, 6.07) is 0. The maximum absolute atomic E-state index is 9.58. The molecule has 0 bridgehead atoms. The fraction of sp³-hybridized carbons (Fsp3) is 1.00. The van der Waals surface area contributed by atoms with Crippen LogP contribution >= 0.6 is 0 Å². The zero-order valence-electron chi connectivity index (χ0n) is 5.10. The summed E-state index contributed by atoms with van der Waals surface area (Å²) in [6.07, 6.45) is -0.921. The Balaban J connectivity index is -0.0000000800. The normalized spacial score (nSPS) is 10.7. The summed E-state index contributed by atoms with van der Waals surface area (Å²) < 4.78 is 0. The monoisotopic (exact) mass is 152 g/mol. The fourth-order valence-electron chi connectivity index (χ4n) is 0. The zero-order chi connectivity index (χ0) is 4.28. The summed E-state index contributed by atoms with van der Waals surface area (Å²) in [4.78, 5) is 0. The van der Waals surface area contributed by atoms with Crippen molar-refractivity contribution in [3.63, 3.8) is 0 Å². The van der Waals surface area contributed by atoms with Gasteiger partial charge in [0.15, 0.2) is 0 Å². The first-order chi connectivity index (χ1) is 2.27. The van der Waals surface area contributed by atoms with E-state index in [4.69, 9.17) is 0 Å². The van der Waals surface area contributed by atoms with Gasteiger partial charge in [-0.05, 0) is 0 Å². The van der Waals surface area contributed by atoms with Crippen molar-refractivity contribution in [2.24, 2.45) is 0 Å². The van der Waals surface area contributed by atoms with E-state index in [1.807, 2.05) is 0 Å². The van der Waals surface area contributed by atoms with Gasteiger partial charge < -0.3 is 10.2 Å². The molecule has 0 aliphatic carbocycles. The van der Waals surface area contributed by atoms with E-state index >= 15 is 0 Å². The van der Waals surface area contributed by atoms with Crippen LogP contribution in [-0.2, 0) is 0 Å². The van der Waals surface area contributed by atoms with E-state index in [0.29, 0.717) is 0 Å². The molecule has 1 atom stereocenters. The second-order valence-electron chi connectivity index (χ2n) is 0.977. The molecule has 0 heterocycles. The topological polar surface area (TPSA) is 46.1 Å². The van der Waals surface area contributed by atoms with Gasteiger partial charge in [0.05, 0.1) is 0 Å². The van der Waals surface area contributed by atoms with Gasteiger partial charge in [0.1, 0.15) is 0 Å². The van der Waals surface area contributed by atoms with Crippen molar-refractivity contribution in [1.29, 1.82) is 0 Å². The molecule has 1 unspecified atom stereocenters. The third-order valence-corrected chi connectivity index (χ3v) is 0.235. The van der Waals surface area contributed by atoms with Gasteiger partial charge in [0.25, 0.3) is 0 Å². The van der Waals surface area contributed by atoms with Crippen molar-refractivity contribution in [3.05, 3.63) is 0 Å². The van der Waals surface area contributed by atoms with Crippen molar-refractivity contribution in [2.45, 2.75) is 13.0 Å². The molecule has 0 fully saturated rings. The Morgan fingerprint density at radius 3 is 1.57 bits per heavy atom. The SMILES string of the molecule is CC([O-])C[O-].[K+].[K+]. The molecule has 0 rings (SSSR count). The van der Waals surface area contributed by atoms with E-state index in [9.17, 15) is 10.2 Å². The average Bonchev–Trinajstić information content (AvgIpc) is 1.38. The van der Waals surface area contributed by atoms with Crippen LogP contribution in [0.4, 0.5) is 0 Å². The standard InChI is InChI=1S/C3H6O2.2K/c1-3(5)2-4;;/h3H,2H2,1H3;;/q-2;2*+1. The van der Waals surface area contributed by atoms with E-state index in [2.05, 4.69) is 0 Å². The van der Waals surface area contributed by atoms with Gasteiger partial charge in [-0.3, -0.25) is 0 Å². The molecular formula is C3H6K2O2. The summed E-state index contributed by atoms with van der Waals surface area (Å²) in [5.74, 6) is 0. The zero-order valence-corrected chi connectivity index (χ0v) is 11.3. The first-order valence-electron chi connectivity index (χ1n) is 1.51. The third kappa shape index (κ3) is 17.6. The summed E-state index contributed by atoms with van der Waals surface area (Å²) in [5.41, 5.74) is 0. The Labute approximate surface area is 129 Å². The molecular weight excluding hydrogens is 146 g/mol. The molecule has 0 N–H and O–H groups in total. The molecule has 2 nitrogen and oxygen atoms in total. The third-order valence-electron chi connectivity index (χ3n) is 0.235. The van der Waals surface area contributed by atoms with Crippen molar-refractivity contribution in [3.8, 4) is 0 Å². The van der Waals surface area contributed by atoms with Crippen LogP contribution in [0.25, 0.3) is 0 Å². The van der Waals surface area contributed by atoms with Crippen molar-refractivity contribution < 1.29 is 113 Å². The fourth-order valence-corrected chi connectivity index (χ4v) is 0. The number of hydrogen-bond donors (Lipinski definition) is 0. The number of rotatable bonds is 1. The Morgan fingerprint density at radius 2 is 1.57 bits per heavy atom. The van der Waals surface area contributed by atoms with Gasteiger partial charge in [0.2, 0.25) is 0 Å². The first kappa shape index (κ1) is 16.6. The van der Waals surface area contributed by atoms with E-state index in [1.54, 1.807) is 0 Å². The van der Waals surface area contributed by atoms with Crippen molar-refractivity contribution in [2.75, 3.05) is 6.61 Å². The quantitative estimate of drug-likeness (QED) is 0.350. The molecule has 7 heavy (non-hydrogen) atoms. The minimum atomic E-state index is -0.921. The second kappa shape index (κ2) is 11.9. The summed E-state index contributed by atoms with van der Waals surface area (Å²) >= 11 is 0. The van der Waals surface area contributed by atoms with E-state index in [1.165, 1.54) is 6.92 Å². The molecule has 0 saturated heterocycles. The van der Waals surface area contributed by atoms with Crippen LogP contribution in [0.1, 0.15) is 6.92 Å². The maximum Gasteiger partial charge on any atom is 1.00 e. The second-order valence-corrected chi connectivity index (χ2v) is 0.977.